The van der Waals surface area contributed by atoms with E-state index in [0.717, 1.165) is 30.7 Å². The van der Waals surface area contributed by atoms with Crippen LogP contribution in [0.2, 0.25) is 0 Å². The molecule has 0 N–H and O–H groups in total. The molecule has 5 heteroatoms. The van der Waals surface area contributed by atoms with E-state index in [1.54, 1.807) is 19.1 Å². The largest absolute Gasteiger partial charge is 0.295 e. The molecule has 1 aliphatic carbocycles. The average Bonchev–Trinajstić information content (AvgIpc) is 3.08. The smallest absolute Gasteiger partial charge is 0.152 e. The van der Waals surface area contributed by atoms with Crippen molar-refractivity contribution in [1.29, 1.82) is 0 Å². The van der Waals surface area contributed by atoms with E-state index < -0.39 is 0 Å². The van der Waals surface area contributed by atoms with Gasteiger partial charge in [0, 0.05) is 11.8 Å². The zero-order valence-corrected chi connectivity index (χ0v) is 16.0. The highest BCUT2D eigenvalue weighted by Crippen LogP contribution is 2.31. The number of aromatic nitrogens is 3. The Balaban J connectivity index is 1.93. The Hall–Kier alpha value is -1.94. The lowest BCUT2D eigenvalue weighted by atomic mass is 9.93. The van der Waals surface area contributed by atoms with Crippen molar-refractivity contribution in [2.45, 2.75) is 57.4 Å². The number of allylic oxidation sites excluding steroid dienone is 1. The van der Waals surface area contributed by atoms with Crippen molar-refractivity contribution in [3.63, 3.8) is 0 Å². The van der Waals surface area contributed by atoms with Crippen LogP contribution in [0.25, 0.3) is 6.08 Å². The Morgan fingerprint density at radius 3 is 2.65 bits per heavy atom. The van der Waals surface area contributed by atoms with Gasteiger partial charge < -0.3 is 0 Å². The fourth-order valence-electron chi connectivity index (χ4n) is 3.69. The first-order valence-electron chi connectivity index (χ1n) is 9.42. The van der Waals surface area contributed by atoms with Crippen molar-refractivity contribution in [2.24, 2.45) is 0 Å². The van der Waals surface area contributed by atoms with E-state index in [4.69, 9.17) is 11.6 Å². The first kappa shape index (κ1) is 18.8. The van der Waals surface area contributed by atoms with E-state index >= 15 is 0 Å². The number of carbonyl (C=O) groups is 1. The number of alkyl halides is 1. The molecule has 0 radical (unpaired) electrons. The standard InChI is InChI=1S/C21H26ClN3O/c1-16(26)12-13-20-21(14-18(15-22)17-8-4-2-5-9-17)25(24-23-20)19-10-6-3-7-11-19/h2,4-5,8-9,12-13,18-19H,3,6-7,10-11,14-15H2,1H3/b13-12+. The molecule has 1 atom stereocenters. The van der Waals surface area contributed by atoms with Crippen molar-refractivity contribution < 1.29 is 4.79 Å². The molecule has 26 heavy (non-hydrogen) atoms. The molecule has 2 aromatic rings. The quantitative estimate of drug-likeness (QED) is 0.511. The van der Waals surface area contributed by atoms with Gasteiger partial charge in [0.25, 0.3) is 0 Å². The second-order valence-electron chi connectivity index (χ2n) is 7.07. The molecule has 1 aromatic heterocycles. The van der Waals surface area contributed by atoms with E-state index in [9.17, 15) is 4.79 Å². The van der Waals surface area contributed by atoms with Gasteiger partial charge in [0.1, 0.15) is 5.69 Å². The van der Waals surface area contributed by atoms with Gasteiger partial charge >= 0.3 is 0 Å². The Labute approximate surface area is 160 Å². The van der Waals surface area contributed by atoms with Gasteiger partial charge in [-0.25, -0.2) is 4.68 Å². The van der Waals surface area contributed by atoms with Crippen molar-refractivity contribution in [2.75, 3.05) is 5.88 Å². The van der Waals surface area contributed by atoms with E-state index in [2.05, 4.69) is 27.1 Å². The second-order valence-corrected chi connectivity index (χ2v) is 7.38. The number of halogens is 1. The molecule has 1 heterocycles. The molecule has 0 saturated heterocycles. The highest BCUT2D eigenvalue weighted by atomic mass is 35.5. The van der Waals surface area contributed by atoms with Gasteiger partial charge in [0.05, 0.1) is 11.7 Å². The summed E-state index contributed by atoms with van der Waals surface area (Å²) in [5.74, 6) is 0.749. The van der Waals surface area contributed by atoms with Crippen molar-refractivity contribution >= 4 is 23.5 Å². The summed E-state index contributed by atoms with van der Waals surface area (Å²) < 4.78 is 2.10. The number of carbonyl (C=O) groups excluding carboxylic acids is 1. The number of nitrogens with zero attached hydrogens (tertiary/aromatic N) is 3. The van der Waals surface area contributed by atoms with Crippen LogP contribution in [0.15, 0.2) is 36.4 Å². The van der Waals surface area contributed by atoms with Crippen LogP contribution < -0.4 is 0 Å². The Kier molecular flexibility index (Phi) is 6.62. The highest BCUT2D eigenvalue weighted by Gasteiger charge is 2.24. The molecule has 0 bridgehead atoms. The predicted octanol–water partition coefficient (Wildman–Crippen LogP) is 4.95. The van der Waals surface area contributed by atoms with Crippen molar-refractivity contribution in [3.05, 3.63) is 53.4 Å². The highest BCUT2D eigenvalue weighted by molar-refractivity contribution is 6.18. The molecule has 1 unspecified atom stereocenters. The molecular formula is C21H26ClN3O. The number of benzene rings is 1. The van der Waals surface area contributed by atoms with Crippen LogP contribution in [0, 0.1) is 0 Å². The summed E-state index contributed by atoms with van der Waals surface area (Å²) in [6.07, 6.45) is 10.2. The van der Waals surface area contributed by atoms with E-state index in [0.29, 0.717) is 11.9 Å². The third kappa shape index (κ3) is 4.61. The summed E-state index contributed by atoms with van der Waals surface area (Å²) in [5.41, 5.74) is 3.10. The molecule has 1 aliphatic rings. The van der Waals surface area contributed by atoms with Gasteiger partial charge in [-0.1, -0.05) is 54.8 Å². The minimum Gasteiger partial charge on any atom is -0.295 e. The SMILES string of the molecule is CC(=O)/C=C/c1nnn(C2CCCCC2)c1CC(CCl)c1ccccc1. The zero-order chi connectivity index (χ0) is 18.4. The molecule has 1 saturated carbocycles. The predicted molar refractivity (Wildman–Crippen MR) is 105 cm³/mol. The van der Waals surface area contributed by atoms with E-state index in [1.807, 2.05) is 18.2 Å². The Morgan fingerprint density at radius 1 is 1.27 bits per heavy atom. The maximum absolute atomic E-state index is 11.4. The maximum atomic E-state index is 11.4. The van der Waals surface area contributed by atoms with Gasteiger partial charge in [-0.15, -0.1) is 16.7 Å². The maximum Gasteiger partial charge on any atom is 0.152 e. The molecule has 1 fully saturated rings. The van der Waals surface area contributed by atoms with Crippen LogP contribution in [0.3, 0.4) is 0 Å². The van der Waals surface area contributed by atoms with Gasteiger partial charge in [0.2, 0.25) is 0 Å². The summed E-state index contributed by atoms with van der Waals surface area (Å²) in [4.78, 5) is 11.4. The zero-order valence-electron chi connectivity index (χ0n) is 15.3. The number of hydrogen-bond donors (Lipinski definition) is 0. The monoisotopic (exact) mass is 371 g/mol. The summed E-state index contributed by atoms with van der Waals surface area (Å²) in [5, 5.41) is 8.83. The number of ketones is 1. The molecule has 0 spiro atoms. The summed E-state index contributed by atoms with van der Waals surface area (Å²) >= 11 is 6.31. The molecule has 0 amide bonds. The second kappa shape index (κ2) is 9.13. The van der Waals surface area contributed by atoms with Gasteiger partial charge in [0.15, 0.2) is 5.78 Å². The van der Waals surface area contributed by atoms with Crippen LogP contribution in [-0.4, -0.2) is 26.7 Å². The fourth-order valence-corrected chi connectivity index (χ4v) is 3.98. The molecule has 1 aromatic carbocycles. The first-order chi connectivity index (χ1) is 12.7. The molecule has 3 rings (SSSR count). The summed E-state index contributed by atoms with van der Waals surface area (Å²) in [6, 6.07) is 10.7. The molecular weight excluding hydrogens is 346 g/mol. The summed E-state index contributed by atoms with van der Waals surface area (Å²) in [6.45, 7) is 1.55. The van der Waals surface area contributed by atoms with Crippen LogP contribution in [-0.2, 0) is 11.2 Å². The minimum absolute atomic E-state index is 0.0140. The topological polar surface area (TPSA) is 47.8 Å². The lowest BCUT2D eigenvalue weighted by Crippen LogP contribution is -2.19. The van der Waals surface area contributed by atoms with Crippen LogP contribution in [0.4, 0.5) is 0 Å². The summed E-state index contributed by atoms with van der Waals surface area (Å²) in [7, 11) is 0. The molecule has 138 valence electrons. The lowest BCUT2D eigenvalue weighted by molar-refractivity contribution is -0.112. The van der Waals surface area contributed by atoms with Gasteiger partial charge in [-0.3, -0.25) is 4.79 Å². The normalized spacial score (nSPS) is 16.8. The van der Waals surface area contributed by atoms with Crippen LogP contribution in [0.1, 0.15) is 67.9 Å². The average molecular weight is 372 g/mol. The molecule has 4 nitrogen and oxygen atoms in total. The molecule has 0 aliphatic heterocycles. The third-order valence-corrected chi connectivity index (χ3v) is 5.49. The number of hydrogen-bond acceptors (Lipinski definition) is 3. The van der Waals surface area contributed by atoms with Gasteiger partial charge in [-0.2, -0.15) is 0 Å². The Morgan fingerprint density at radius 2 is 2.00 bits per heavy atom. The lowest BCUT2D eigenvalue weighted by Gasteiger charge is -2.24. The van der Waals surface area contributed by atoms with Crippen LogP contribution in [0.5, 0.6) is 0 Å². The van der Waals surface area contributed by atoms with Crippen molar-refractivity contribution in [1.82, 2.24) is 15.0 Å². The Bertz CT molecular complexity index is 748. The van der Waals surface area contributed by atoms with Crippen molar-refractivity contribution in [3.8, 4) is 0 Å². The van der Waals surface area contributed by atoms with Gasteiger partial charge in [-0.05, 0) is 43.9 Å². The van der Waals surface area contributed by atoms with E-state index in [-0.39, 0.29) is 11.7 Å². The third-order valence-electron chi connectivity index (χ3n) is 5.11. The van der Waals surface area contributed by atoms with Crippen LogP contribution >= 0.6 is 11.6 Å². The fraction of sp³-hybridized carbons (Fsp3) is 0.476. The van der Waals surface area contributed by atoms with E-state index in [1.165, 1.54) is 24.8 Å². The first-order valence-corrected chi connectivity index (χ1v) is 9.96. The number of rotatable bonds is 7. The minimum atomic E-state index is 0.0140.